The first-order valence-corrected chi connectivity index (χ1v) is 6.88. The molecule has 9 nitrogen and oxygen atoms in total. The summed E-state index contributed by atoms with van der Waals surface area (Å²) in [5.41, 5.74) is 0. The Labute approximate surface area is 233 Å². The summed E-state index contributed by atoms with van der Waals surface area (Å²) < 4.78 is 212. The molecule has 0 unspecified atom stereocenters. The van der Waals surface area contributed by atoms with Crippen molar-refractivity contribution >= 4 is 11.9 Å². The zero-order valence-corrected chi connectivity index (χ0v) is 20.7. The van der Waals surface area contributed by atoms with E-state index < -0.39 is 61.2 Å². The Balaban J connectivity index is -0.00000578. The number of hydrogen-bond acceptors (Lipinski definition) is 9. The maximum Gasteiger partial charge on any atom is 1.00 e. The summed E-state index contributed by atoms with van der Waals surface area (Å²) in [6, 6.07) is 0. The van der Waals surface area contributed by atoms with Crippen LogP contribution in [0.1, 0.15) is 0 Å². The molecule has 27 heteroatoms. The number of ether oxygens (including phenoxy) is 5. The third-order valence-electron chi connectivity index (χ3n) is 2.40. The molecule has 208 valence electrons. The Bertz CT molecular complexity index is 808. The molecule has 0 aromatic rings. The van der Waals surface area contributed by atoms with E-state index in [-0.39, 0.29) is 59.1 Å². The molecule has 0 bridgehead atoms. The van der Waals surface area contributed by atoms with Gasteiger partial charge in [0, 0.05) is 0 Å². The number of halogens is 16. The fraction of sp³-hybridized carbons (Fsp3) is 0.800. The number of carboxylic acids is 2. The average molecular weight is 614 g/mol. The van der Waals surface area contributed by atoms with Gasteiger partial charge in [-0.3, -0.25) is 0 Å². The molecule has 0 aliphatic rings. The van der Waals surface area contributed by atoms with Crippen LogP contribution in [0.4, 0.5) is 70.2 Å². The molecule has 0 fully saturated rings. The molecule has 0 spiro atoms. The van der Waals surface area contributed by atoms with Gasteiger partial charge in [0.1, 0.15) is 11.9 Å². The molecule has 0 atom stereocenters. The number of rotatable bonds is 14. The zero-order chi connectivity index (χ0) is 28.7. The van der Waals surface area contributed by atoms with Crippen LogP contribution in [0.5, 0.6) is 0 Å². The SMILES string of the molecule is O=C([O-])C(F)(F)OC(F)(F)OC(F)(F)OC(F)(F)C(F)(F)OC(F)(F)C(F)(F)OC(F)(F)C(=O)[O-].[Na+].[Na+]. The fourth-order valence-corrected chi connectivity index (χ4v) is 1.12. The molecule has 0 saturated carbocycles. The quantitative estimate of drug-likeness (QED) is 0.108. The van der Waals surface area contributed by atoms with Gasteiger partial charge in [0.2, 0.25) is 0 Å². The van der Waals surface area contributed by atoms with E-state index in [1.54, 1.807) is 14.2 Å². The van der Waals surface area contributed by atoms with Crippen LogP contribution in [0.2, 0.25) is 0 Å². The second kappa shape index (κ2) is 12.4. The van der Waals surface area contributed by atoms with Crippen molar-refractivity contribution in [2.75, 3.05) is 0 Å². The van der Waals surface area contributed by atoms with Gasteiger partial charge in [0.05, 0.1) is 0 Å². The van der Waals surface area contributed by atoms with E-state index in [1.807, 2.05) is 0 Å². The molecule has 0 aromatic heterocycles. The van der Waals surface area contributed by atoms with Crippen molar-refractivity contribution in [2.45, 2.75) is 49.2 Å². The van der Waals surface area contributed by atoms with E-state index in [4.69, 9.17) is 0 Å². The molecule has 37 heavy (non-hydrogen) atoms. The Morgan fingerprint density at radius 1 is 0.405 bits per heavy atom. The van der Waals surface area contributed by atoms with Crippen LogP contribution in [-0.2, 0) is 33.3 Å². The molecule has 0 aliphatic carbocycles. The van der Waals surface area contributed by atoms with Gasteiger partial charge in [0.25, 0.3) is 0 Å². The van der Waals surface area contributed by atoms with Gasteiger partial charge in [0.15, 0.2) is 0 Å². The first kappa shape index (κ1) is 41.1. The van der Waals surface area contributed by atoms with Gasteiger partial charge in [-0.05, 0) is 0 Å². The normalized spacial score (nSPS) is 14.5. The first-order valence-electron chi connectivity index (χ1n) is 6.88. The molecule has 0 amide bonds. The van der Waals surface area contributed by atoms with E-state index in [1.165, 1.54) is 9.47 Å². The monoisotopic (exact) mass is 614 g/mol. The number of carbonyl (C=O) groups excluding carboxylic acids is 2. The minimum atomic E-state index is -7.61. The number of alkyl halides is 16. The number of aliphatic carboxylic acids is 2. The predicted molar refractivity (Wildman–Crippen MR) is 55.0 cm³/mol. The van der Waals surface area contributed by atoms with Crippen molar-refractivity contribution in [2.24, 2.45) is 0 Å². The third kappa shape index (κ3) is 11.3. The number of carboxylic acid groups (broad SMARTS) is 2. The molecular weight excluding hydrogens is 614 g/mol. The largest absolute Gasteiger partial charge is 1.00 e. The van der Waals surface area contributed by atoms with Gasteiger partial charge in [-0.25, -0.2) is 23.7 Å². The third-order valence-corrected chi connectivity index (χ3v) is 2.40. The van der Waals surface area contributed by atoms with Crippen LogP contribution in [-0.4, -0.2) is 61.2 Å². The van der Waals surface area contributed by atoms with Crippen LogP contribution < -0.4 is 69.3 Å². The molecule has 0 saturated heterocycles. The summed E-state index contributed by atoms with van der Waals surface area (Å²) in [4.78, 5) is 19.4. The van der Waals surface area contributed by atoms with Crippen LogP contribution >= 0.6 is 0 Å². The van der Waals surface area contributed by atoms with Crippen molar-refractivity contribution in [3.8, 4) is 0 Å². The van der Waals surface area contributed by atoms with Crippen LogP contribution in [0.25, 0.3) is 0 Å². The van der Waals surface area contributed by atoms with Crippen LogP contribution in [0.15, 0.2) is 0 Å². The summed E-state index contributed by atoms with van der Waals surface area (Å²) in [7, 11) is 0. The van der Waals surface area contributed by atoms with Crippen molar-refractivity contribution in [3.05, 3.63) is 0 Å². The van der Waals surface area contributed by atoms with Crippen LogP contribution in [0.3, 0.4) is 0 Å². The second-order valence-electron chi connectivity index (χ2n) is 5.11. The summed E-state index contributed by atoms with van der Waals surface area (Å²) in [6.07, 6.45) is -56.5. The van der Waals surface area contributed by atoms with Gasteiger partial charge >= 0.3 is 108 Å². The predicted octanol–water partition coefficient (Wildman–Crippen LogP) is -4.77. The van der Waals surface area contributed by atoms with Gasteiger partial charge in [-0.2, -0.15) is 52.7 Å². The Kier molecular flexibility index (Phi) is 13.8. The summed E-state index contributed by atoms with van der Waals surface area (Å²) in [5.74, 6) is -7.93. The second-order valence-corrected chi connectivity index (χ2v) is 5.11. The van der Waals surface area contributed by atoms with E-state index in [0.717, 1.165) is 0 Å². The molecule has 0 aromatic carbocycles. The van der Waals surface area contributed by atoms with Crippen molar-refractivity contribution in [3.63, 3.8) is 0 Å². The zero-order valence-electron chi connectivity index (χ0n) is 16.7. The smallest absolute Gasteiger partial charge is 0.542 e. The van der Waals surface area contributed by atoms with Crippen molar-refractivity contribution < 1.29 is 173 Å². The Morgan fingerprint density at radius 2 is 0.649 bits per heavy atom. The van der Waals surface area contributed by atoms with E-state index in [9.17, 15) is 90.0 Å². The number of carbonyl (C=O) groups is 2. The Hall–Kier alpha value is -0.380. The van der Waals surface area contributed by atoms with Gasteiger partial charge in [-0.15, -0.1) is 17.6 Å². The Morgan fingerprint density at radius 3 is 0.973 bits per heavy atom. The minimum Gasteiger partial charge on any atom is -0.542 e. The van der Waals surface area contributed by atoms with E-state index in [2.05, 4.69) is 0 Å². The first-order chi connectivity index (χ1) is 14.9. The molecule has 0 radical (unpaired) electrons. The molecule has 0 aliphatic heterocycles. The van der Waals surface area contributed by atoms with Crippen molar-refractivity contribution in [1.29, 1.82) is 0 Å². The van der Waals surface area contributed by atoms with Gasteiger partial charge < -0.3 is 19.8 Å². The van der Waals surface area contributed by atoms with Gasteiger partial charge in [-0.1, -0.05) is 0 Å². The van der Waals surface area contributed by atoms with Crippen molar-refractivity contribution in [1.82, 2.24) is 0 Å². The fourth-order valence-electron chi connectivity index (χ4n) is 1.12. The average Bonchev–Trinajstić information content (AvgIpc) is 2.48. The molecule has 0 heterocycles. The number of hydrogen-bond donors (Lipinski definition) is 0. The molecular formula is C10F16Na2O9. The van der Waals surface area contributed by atoms with Crippen LogP contribution in [0, 0.1) is 0 Å². The topological polar surface area (TPSA) is 126 Å². The molecule has 0 N–H and O–H groups in total. The summed E-state index contributed by atoms with van der Waals surface area (Å²) in [5, 5.41) is 19.4. The maximum atomic E-state index is 13.1. The van der Waals surface area contributed by atoms with E-state index in [0.29, 0.717) is 0 Å². The van der Waals surface area contributed by atoms with E-state index >= 15 is 0 Å². The maximum absolute atomic E-state index is 13.1. The summed E-state index contributed by atoms with van der Waals surface area (Å²) in [6.45, 7) is 0. The summed E-state index contributed by atoms with van der Waals surface area (Å²) >= 11 is 0. The molecule has 0 rings (SSSR count). The minimum absolute atomic E-state index is 0. The standard InChI is InChI=1S/C10H2F16O9.2Na/c11-3(12,1(27)28)31-5(15,16)6(17,18)33-7(19,20)8(21,22)34-10(25,26)35-9(23,24)32-4(13,14)2(29)30;;/h(H,27,28)(H,29,30);;/q;2*+1/p-2.